The molecule has 0 rings (SSSR count). The van der Waals surface area contributed by atoms with Crippen molar-refractivity contribution in [1.82, 2.24) is 0 Å². The van der Waals surface area contributed by atoms with Gasteiger partial charge in [0.05, 0.1) is 92.1 Å². The van der Waals surface area contributed by atoms with Crippen molar-refractivity contribution >= 4 is 11.9 Å². The minimum absolute atomic E-state index is 0.231. The molecule has 0 unspecified atom stereocenters. The third-order valence-corrected chi connectivity index (χ3v) is 3.60. The standard InChI is InChI=1S/C24H46O10/c1-23(2,3)33-21(25)7-9-27-11-13-29-15-17-31-19-20-32-18-16-30-14-12-28-10-8-22(26)34-24(4,5)6/h7-20H2,1-6H3. The number of hydrogen-bond acceptors (Lipinski definition) is 10. The van der Waals surface area contributed by atoms with Gasteiger partial charge in [0.1, 0.15) is 11.2 Å². The van der Waals surface area contributed by atoms with Gasteiger partial charge in [0.15, 0.2) is 0 Å². The van der Waals surface area contributed by atoms with E-state index >= 15 is 0 Å². The lowest BCUT2D eigenvalue weighted by molar-refractivity contribution is -0.157. The van der Waals surface area contributed by atoms with Crippen molar-refractivity contribution in [2.75, 3.05) is 79.3 Å². The van der Waals surface area contributed by atoms with E-state index in [-0.39, 0.29) is 24.8 Å². The van der Waals surface area contributed by atoms with Crippen LogP contribution in [0.15, 0.2) is 0 Å². The lowest BCUT2D eigenvalue weighted by atomic mass is 10.2. The second kappa shape index (κ2) is 19.9. The molecule has 10 heteroatoms. The minimum Gasteiger partial charge on any atom is -0.460 e. The normalized spacial score (nSPS) is 12.1. The van der Waals surface area contributed by atoms with Crippen LogP contribution in [-0.4, -0.2) is 102 Å². The third-order valence-electron chi connectivity index (χ3n) is 3.60. The van der Waals surface area contributed by atoms with Crippen molar-refractivity contribution < 1.29 is 47.5 Å². The SMILES string of the molecule is CC(C)(C)OC(=O)CCOCCOCCOCCOCCOCCOCCC(=O)OC(C)(C)C. The lowest BCUT2D eigenvalue weighted by Crippen LogP contribution is -2.24. The lowest BCUT2D eigenvalue weighted by Gasteiger charge is -2.19. The van der Waals surface area contributed by atoms with E-state index in [1.165, 1.54) is 0 Å². The molecule has 0 aromatic rings. The van der Waals surface area contributed by atoms with E-state index in [0.29, 0.717) is 79.3 Å². The van der Waals surface area contributed by atoms with Crippen LogP contribution in [0.25, 0.3) is 0 Å². The number of hydrogen-bond donors (Lipinski definition) is 0. The monoisotopic (exact) mass is 494 g/mol. The summed E-state index contributed by atoms with van der Waals surface area (Å²) in [6.07, 6.45) is 0.462. The van der Waals surface area contributed by atoms with Crippen LogP contribution in [0.5, 0.6) is 0 Å². The molecule has 0 aliphatic carbocycles. The predicted molar refractivity (Wildman–Crippen MR) is 126 cm³/mol. The topological polar surface area (TPSA) is 108 Å². The number of carbonyl (C=O) groups is 2. The molecule has 0 saturated carbocycles. The van der Waals surface area contributed by atoms with Gasteiger partial charge >= 0.3 is 11.9 Å². The average Bonchev–Trinajstić information content (AvgIpc) is 2.69. The smallest absolute Gasteiger partial charge is 0.308 e. The Balaban J connectivity index is 3.21. The summed E-state index contributed by atoms with van der Waals surface area (Å²) >= 11 is 0. The zero-order valence-electron chi connectivity index (χ0n) is 22.0. The Morgan fingerprint density at radius 2 is 0.618 bits per heavy atom. The maximum absolute atomic E-state index is 11.5. The molecule has 0 spiro atoms. The van der Waals surface area contributed by atoms with Gasteiger partial charge in [0.2, 0.25) is 0 Å². The fourth-order valence-electron chi connectivity index (χ4n) is 2.30. The van der Waals surface area contributed by atoms with Crippen molar-refractivity contribution in [2.45, 2.75) is 65.6 Å². The van der Waals surface area contributed by atoms with Gasteiger partial charge in [-0.05, 0) is 41.5 Å². The molecule has 0 heterocycles. The van der Waals surface area contributed by atoms with E-state index in [1.807, 2.05) is 41.5 Å². The highest BCUT2D eigenvalue weighted by atomic mass is 16.6. The molecule has 0 bridgehead atoms. The highest BCUT2D eigenvalue weighted by molar-refractivity contribution is 5.70. The number of esters is 2. The summed E-state index contributed by atoms with van der Waals surface area (Å²) in [5, 5.41) is 0. The van der Waals surface area contributed by atoms with Crippen LogP contribution in [-0.2, 0) is 47.5 Å². The largest absolute Gasteiger partial charge is 0.460 e. The quantitative estimate of drug-likeness (QED) is 0.174. The molecule has 0 amide bonds. The van der Waals surface area contributed by atoms with E-state index in [0.717, 1.165) is 0 Å². The molecule has 34 heavy (non-hydrogen) atoms. The fraction of sp³-hybridized carbons (Fsp3) is 0.917. The molecule has 0 aromatic carbocycles. The Morgan fingerprint density at radius 3 is 0.824 bits per heavy atom. The highest BCUT2D eigenvalue weighted by Gasteiger charge is 2.16. The molecule has 10 nitrogen and oxygen atoms in total. The van der Waals surface area contributed by atoms with Crippen LogP contribution in [0.4, 0.5) is 0 Å². The predicted octanol–water partition coefficient (Wildman–Crippen LogP) is 2.55. The van der Waals surface area contributed by atoms with Crippen LogP contribution in [0, 0.1) is 0 Å². The van der Waals surface area contributed by atoms with Crippen molar-refractivity contribution in [3.05, 3.63) is 0 Å². The first-order valence-corrected chi connectivity index (χ1v) is 11.9. The molecule has 0 N–H and O–H groups in total. The number of carbonyl (C=O) groups excluding carboxylic acids is 2. The van der Waals surface area contributed by atoms with Gasteiger partial charge in [-0.15, -0.1) is 0 Å². The van der Waals surface area contributed by atoms with Gasteiger partial charge < -0.3 is 37.9 Å². The Labute approximate surface area is 204 Å². The van der Waals surface area contributed by atoms with Crippen molar-refractivity contribution in [1.29, 1.82) is 0 Å². The van der Waals surface area contributed by atoms with E-state index in [1.54, 1.807) is 0 Å². The zero-order valence-corrected chi connectivity index (χ0v) is 22.0. The Bertz CT molecular complexity index is 465. The number of rotatable bonds is 21. The fourth-order valence-corrected chi connectivity index (χ4v) is 2.30. The van der Waals surface area contributed by atoms with Gasteiger partial charge in [-0.3, -0.25) is 9.59 Å². The molecule has 0 aliphatic heterocycles. The first-order chi connectivity index (χ1) is 16.0. The van der Waals surface area contributed by atoms with Gasteiger partial charge in [-0.2, -0.15) is 0 Å². The number of ether oxygens (including phenoxy) is 8. The first-order valence-electron chi connectivity index (χ1n) is 11.9. The first kappa shape index (κ1) is 32.7. The Hall–Kier alpha value is -1.30. The second-order valence-corrected chi connectivity index (χ2v) is 9.35. The zero-order chi connectivity index (χ0) is 25.7. The average molecular weight is 495 g/mol. The maximum Gasteiger partial charge on any atom is 0.308 e. The van der Waals surface area contributed by atoms with Gasteiger partial charge in [-0.25, -0.2) is 0 Å². The molecule has 202 valence electrons. The van der Waals surface area contributed by atoms with Crippen LogP contribution < -0.4 is 0 Å². The van der Waals surface area contributed by atoms with Crippen LogP contribution in [0.2, 0.25) is 0 Å². The summed E-state index contributed by atoms with van der Waals surface area (Å²) in [5.41, 5.74) is -0.943. The Morgan fingerprint density at radius 1 is 0.412 bits per heavy atom. The third kappa shape index (κ3) is 26.9. The summed E-state index contributed by atoms with van der Waals surface area (Å²) < 4.78 is 42.7. The molecule has 0 aromatic heterocycles. The van der Waals surface area contributed by atoms with Gasteiger partial charge in [0.25, 0.3) is 0 Å². The molecule has 0 atom stereocenters. The molecule has 0 radical (unpaired) electrons. The van der Waals surface area contributed by atoms with Crippen molar-refractivity contribution in [2.24, 2.45) is 0 Å². The molecular formula is C24H46O10. The Kier molecular flexibility index (Phi) is 19.2. The van der Waals surface area contributed by atoms with E-state index in [9.17, 15) is 9.59 Å². The van der Waals surface area contributed by atoms with Crippen LogP contribution >= 0.6 is 0 Å². The maximum atomic E-state index is 11.5. The van der Waals surface area contributed by atoms with Crippen molar-refractivity contribution in [3.63, 3.8) is 0 Å². The van der Waals surface area contributed by atoms with Crippen LogP contribution in [0.3, 0.4) is 0 Å². The summed E-state index contributed by atoms with van der Waals surface area (Å²) in [6.45, 7) is 16.2. The van der Waals surface area contributed by atoms with E-state index in [4.69, 9.17) is 37.9 Å². The summed E-state index contributed by atoms with van der Waals surface area (Å²) in [6, 6.07) is 0. The molecular weight excluding hydrogens is 448 g/mol. The molecule has 0 fully saturated rings. The summed E-state index contributed by atoms with van der Waals surface area (Å²) in [7, 11) is 0. The van der Waals surface area contributed by atoms with E-state index < -0.39 is 11.2 Å². The minimum atomic E-state index is -0.471. The van der Waals surface area contributed by atoms with Crippen LogP contribution in [0.1, 0.15) is 54.4 Å². The van der Waals surface area contributed by atoms with Gasteiger partial charge in [0, 0.05) is 0 Å². The van der Waals surface area contributed by atoms with Gasteiger partial charge in [-0.1, -0.05) is 0 Å². The second-order valence-electron chi connectivity index (χ2n) is 9.35. The van der Waals surface area contributed by atoms with E-state index in [2.05, 4.69) is 0 Å². The van der Waals surface area contributed by atoms with Crippen molar-refractivity contribution in [3.8, 4) is 0 Å². The highest BCUT2D eigenvalue weighted by Crippen LogP contribution is 2.08. The molecule has 0 aliphatic rings. The summed E-state index contributed by atoms with van der Waals surface area (Å²) in [4.78, 5) is 23.0. The molecule has 0 saturated heterocycles. The summed E-state index contributed by atoms with van der Waals surface area (Å²) in [5.74, 6) is -0.534.